The fourth-order valence-electron chi connectivity index (χ4n) is 5.22. The quantitative estimate of drug-likeness (QED) is 0.0290. The van der Waals surface area contributed by atoms with Gasteiger partial charge >= 0.3 is 19.8 Å². The lowest BCUT2D eigenvalue weighted by atomic mass is 10.1. The third-order valence-corrected chi connectivity index (χ3v) is 8.62. The Bertz CT molecular complexity index is 879. The van der Waals surface area contributed by atoms with Crippen molar-refractivity contribution in [3.8, 4) is 0 Å². The van der Waals surface area contributed by atoms with Gasteiger partial charge in [-0.2, -0.15) is 0 Å². The molecule has 0 aliphatic carbocycles. The summed E-state index contributed by atoms with van der Waals surface area (Å²) in [5, 5.41) is 0. The van der Waals surface area contributed by atoms with Crippen molar-refractivity contribution in [2.45, 2.75) is 187 Å². The van der Waals surface area contributed by atoms with Crippen molar-refractivity contribution in [3.05, 3.63) is 36.5 Å². The second-order valence-corrected chi connectivity index (χ2v) is 14.1. The van der Waals surface area contributed by atoms with Gasteiger partial charge in [-0.15, -0.1) is 0 Å². The van der Waals surface area contributed by atoms with Crippen LogP contribution in [0.4, 0.5) is 0 Å². The monoisotopic (exact) mass is 698 g/mol. The Morgan fingerprint density at radius 1 is 0.542 bits per heavy atom. The molecular weight excluding hydrogens is 627 g/mol. The van der Waals surface area contributed by atoms with Crippen LogP contribution in [0, 0.1) is 0 Å². The van der Waals surface area contributed by atoms with Gasteiger partial charge in [-0.25, -0.2) is 4.57 Å². The van der Waals surface area contributed by atoms with Crippen LogP contribution in [0.5, 0.6) is 0 Å². The van der Waals surface area contributed by atoms with Gasteiger partial charge < -0.3 is 19.3 Å². The van der Waals surface area contributed by atoms with Crippen LogP contribution in [0.3, 0.4) is 0 Å². The van der Waals surface area contributed by atoms with Crippen LogP contribution in [0.25, 0.3) is 0 Å². The molecule has 9 heteroatoms. The van der Waals surface area contributed by atoms with E-state index in [2.05, 4.69) is 54.8 Å². The second kappa shape index (κ2) is 35.1. The number of hydrogen-bond donors (Lipinski definition) is 2. The zero-order valence-corrected chi connectivity index (χ0v) is 31.5. The number of allylic oxidation sites excluding steroid dienone is 6. The Morgan fingerprint density at radius 3 is 1.44 bits per heavy atom. The van der Waals surface area contributed by atoms with E-state index < -0.39 is 32.5 Å². The summed E-state index contributed by atoms with van der Waals surface area (Å²) in [5.74, 6) is -0.904. The summed E-state index contributed by atoms with van der Waals surface area (Å²) in [4.78, 5) is 42.7. The highest BCUT2D eigenvalue weighted by Gasteiger charge is 2.22. The molecule has 2 N–H and O–H groups in total. The molecule has 0 aliphatic rings. The largest absolute Gasteiger partial charge is 0.469 e. The van der Waals surface area contributed by atoms with Crippen molar-refractivity contribution in [1.29, 1.82) is 0 Å². The molecular formula is C39H71O8P. The molecule has 0 aromatic rings. The standard InChI is InChI=1S/C39H71O8P/c1-3-5-7-9-11-13-15-17-18-19-20-22-23-25-27-29-31-33-38(40)45-35-37(36-46-48(42,43)44)47-39(41)34-32-30-28-26-24-21-16-14-12-10-8-6-4-2/h11,13-14,16-18,37H,3-10,12,15,19-36H2,1-2H3,(H2,42,43,44)/b13-11-,16-14-,18-17-/t37-/m1/s1. The molecule has 280 valence electrons. The molecule has 0 radical (unpaired) electrons. The third kappa shape index (κ3) is 37.1. The van der Waals surface area contributed by atoms with Crippen LogP contribution < -0.4 is 0 Å². The van der Waals surface area contributed by atoms with Gasteiger partial charge in [0.05, 0.1) is 6.61 Å². The van der Waals surface area contributed by atoms with Crippen LogP contribution >= 0.6 is 7.82 Å². The summed E-state index contributed by atoms with van der Waals surface area (Å²) in [7, 11) is -4.75. The summed E-state index contributed by atoms with van der Waals surface area (Å²) in [6, 6.07) is 0. The molecule has 0 saturated heterocycles. The first-order valence-electron chi connectivity index (χ1n) is 19.3. The molecule has 0 spiro atoms. The molecule has 0 heterocycles. The van der Waals surface area contributed by atoms with Crippen molar-refractivity contribution in [1.82, 2.24) is 0 Å². The SMILES string of the molecule is CCCCC/C=C\C/C=C\CCCCCCCCCC(=O)OC[C@H](COP(=O)(O)O)OC(=O)CCCCCCC/C=C\CCCCCC. The first kappa shape index (κ1) is 46.3. The van der Waals surface area contributed by atoms with E-state index in [9.17, 15) is 14.2 Å². The van der Waals surface area contributed by atoms with Gasteiger partial charge in [0.2, 0.25) is 0 Å². The molecule has 1 atom stereocenters. The lowest BCUT2D eigenvalue weighted by Crippen LogP contribution is -2.29. The van der Waals surface area contributed by atoms with Gasteiger partial charge in [0, 0.05) is 12.8 Å². The minimum atomic E-state index is -4.75. The van der Waals surface area contributed by atoms with Gasteiger partial charge in [0.25, 0.3) is 0 Å². The van der Waals surface area contributed by atoms with Gasteiger partial charge in [-0.05, 0) is 70.6 Å². The maximum absolute atomic E-state index is 12.3. The molecule has 0 unspecified atom stereocenters. The Labute approximate surface area is 293 Å². The van der Waals surface area contributed by atoms with E-state index in [4.69, 9.17) is 19.3 Å². The lowest BCUT2D eigenvalue weighted by molar-refractivity contribution is -0.161. The summed E-state index contributed by atoms with van der Waals surface area (Å²) in [5.41, 5.74) is 0. The van der Waals surface area contributed by atoms with E-state index in [0.29, 0.717) is 12.8 Å². The Balaban J connectivity index is 3.97. The first-order chi connectivity index (χ1) is 23.3. The second-order valence-electron chi connectivity index (χ2n) is 12.9. The van der Waals surface area contributed by atoms with Crippen molar-refractivity contribution >= 4 is 19.8 Å². The molecule has 8 nitrogen and oxygen atoms in total. The molecule has 0 aromatic carbocycles. The average Bonchev–Trinajstić information content (AvgIpc) is 3.05. The van der Waals surface area contributed by atoms with Crippen LogP contribution in [0.2, 0.25) is 0 Å². The van der Waals surface area contributed by atoms with Crippen LogP contribution in [0.1, 0.15) is 181 Å². The van der Waals surface area contributed by atoms with E-state index >= 15 is 0 Å². The van der Waals surface area contributed by atoms with Crippen molar-refractivity contribution in [2.24, 2.45) is 0 Å². The predicted molar refractivity (Wildman–Crippen MR) is 198 cm³/mol. The summed E-state index contributed by atoms with van der Waals surface area (Å²) >= 11 is 0. The maximum atomic E-state index is 12.3. The molecule has 0 amide bonds. The molecule has 0 fully saturated rings. The maximum Gasteiger partial charge on any atom is 0.469 e. The molecule has 0 saturated carbocycles. The third-order valence-electron chi connectivity index (χ3n) is 8.13. The van der Waals surface area contributed by atoms with E-state index in [1.807, 2.05) is 0 Å². The minimum Gasteiger partial charge on any atom is -0.462 e. The number of unbranched alkanes of at least 4 members (excludes halogenated alkanes) is 19. The normalized spacial score (nSPS) is 12.8. The fraction of sp³-hybridized carbons (Fsp3) is 0.795. The number of ether oxygens (including phenoxy) is 2. The Morgan fingerprint density at radius 2 is 0.938 bits per heavy atom. The van der Waals surface area contributed by atoms with Gasteiger partial charge in [0.1, 0.15) is 6.61 Å². The van der Waals surface area contributed by atoms with Crippen LogP contribution in [-0.2, 0) is 28.2 Å². The lowest BCUT2D eigenvalue weighted by Gasteiger charge is -2.18. The van der Waals surface area contributed by atoms with E-state index in [1.165, 1.54) is 77.0 Å². The predicted octanol–water partition coefficient (Wildman–Crippen LogP) is 11.4. The Kier molecular flexibility index (Phi) is 33.8. The van der Waals surface area contributed by atoms with Gasteiger partial charge in [-0.1, -0.05) is 134 Å². The van der Waals surface area contributed by atoms with Gasteiger partial charge in [-0.3, -0.25) is 14.1 Å². The van der Waals surface area contributed by atoms with E-state index in [0.717, 1.165) is 64.2 Å². The smallest absolute Gasteiger partial charge is 0.462 e. The summed E-state index contributed by atoms with van der Waals surface area (Å²) in [6.07, 6.45) is 40.0. The zero-order valence-electron chi connectivity index (χ0n) is 30.6. The molecule has 48 heavy (non-hydrogen) atoms. The van der Waals surface area contributed by atoms with Crippen molar-refractivity contribution in [3.63, 3.8) is 0 Å². The summed E-state index contributed by atoms with van der Waals surface area (Å²) < 4.78 is 26.3. The molecule has 0 bridgehead atoms. The summed E-state index contributed by atoms with van der Waals surface area (Å²) in [6.45, 7) is 3.62. The number of rotatable bonds is 35. The first-order valence-corrected chi connectivity index (χ1v) is 20.8. The average molecular weight is 699 g/mol. The fourth-order valence-corrected chi connectivity index (χ4v) is 5.58. The Hall–Kier alpha value is -1.73. The minimum absolute atomic E-state index is 0.200. The number of phosphoric acid groups is 1. The number of carbonyl (C=O) groups is 2. The molecule has 0 aromatic heterocycles. The highest BCUT2D eigenvalue weighted by atomic mass is 31.2. The number of hydrogen-bond acceptors (Lipinski definition) is 6. The van der Waals surface area contributed by atoms with E-state index in [-0.39, 0.29) is 19.4 Å². The topological polar surface area (TPSA) is 119 Å². The highest BCUT2D eigenvalue weighted by molar-refractivity contribution is 7.46. The van der Waals surface area contributed by atoms with Crippen LogP contribution in [0.15, 0.2) is 36.5 Å². The van der Waals surface area contributed by atoms with Gasteiger partial charge in [0.15, 0.2) is 6.10 Å². The number of esters is 2. The number of phosphoric ester groups is 1. The van der Waals surface area contributed by atoms with E-state index in [1.54, 1.807) is 0 Å². The van der Waals surface area contributed by atoms with Crippen molar-refractivity contribution in [2.75, 3.05) is 13.2 Å². The van der Waals surface area contributed by atoms with Crippen molar-refractivity contribution < 1.29 is 37.9 Å². The highest BCUT2D eigenvalue weighted by Crippen LogP contribution is 2.36. The van der Waals surface area contributed by atoms with Crippen LogP contribution in [-0.4, -0.2) is 41.0 Å². The molecule has 0 aliphatic heterocycles. The molecule has 0 rings (SSSR count). The number of carbonyl (C=O) groups excluding carboxylic acids is 2. The zero-order chi connectivity index (χ0) is 35.4.